The van der Waals surface area contributed by atoms with Crippen molar-refractivity contribution in [3.63, 3.8) is 0 Å². The van der Waals surface area contributed by atoms with Crippen LogP contribution in [0.15, 0.2) is 24.3 Å². The molecule has 1 aromatic carbocycles. The van der Waals surface area contributed by atoms with Gasteiger partial charge in [0.05, 0.1) is 11.4 Å². The van der Waals surface area contributed by atoms with Gasteiger partial charge in [0.25, 0.3) is 0 Å². The van der Waals surface area contributed by atoms with Crippen LogP contribution in [0.1, 0.15) is 19.3 Å². The zero-order valence-corrected chi connectivity index (χ0v) is 11.4. The van der Waals surface area contributed by atoms with Crippen LogP contribution >= 0.6 is 0 Å². The second-order valence-corrected chi connectivity index (χ2v) is 5.43. The lowest BCUT2D eigenvalue weighted by Crippen LogP contribution is -2.43. The number of carbonyl (C=O) groups is 1. The summed E-state index contributed by atoms with van der Waals surface area (Å²) in [5, 5.41) is 3.40. The number of amides is 1. The Balaban J connectivity index is 1.66. The van der Waals surface area contributed by atoms with E-state index in [9.17, 15) is 4.79 Å². The van der Waals surface area contributed by atoms with Crippen molar-refractivity contribution >= 4 is 17.3 Å². The van der Waals surface area contributed by atoms with Crippen molar-refractivity contribution in [2.24, 2.45) is 0 Å². The first-order valence-corrected chi connectivity index (χ1v) is 7.09. The van der Waals surface area contributed by atoms with Gasteiger partial charge < -0.3 is 15.1 Å². The fourth-order valence-corrected chi connectivity index (χ4v) is 2.57. The molecule has 0 saturated heterocycles. The van der Waals surface area contributed by atoms with Gasteiger partial charge in [0.2, 0.25) is 5.91 Å². The Morgan fingerprint density at radius 3 is 2.74 bits per heavy atom. The zero-order chi connectivity index (χ0) is 13.2. The van der Waals surface area contributed by atoms with Crippen molar-refractivity contribution in [3.05, 3.63) is 24.3 Å². The Hall–Kier alpha value is -1.55. The average Bonchev–Trinajstić information content (AvgIpc) is 3.23. The van der Waals surface area contributed by atoms with Gasteiger partial charge in [0, 0.05) is 39.1 Å². The van der Waals surface area contributed by atoms with Gasteiger partial charge in [-0.15, -0.1) is 0 Å². The number of nitrogens with one attached hydrogen (secondary N) is 1. The van der Waals surface area contributed by atoms with Gasteiger partial charge in [-0.1, -0.05) is 12.1 Å². The number of fused-ring (bicyclic) bond motifs is 1. The minimum absolute atomic E-state index is 0.230. The molecule has 1 N–H and O–H groups in total. The van der Waals surface area contributed by atoms with Crippen LogP contribution in [0.2, 0.25) is 0 Å². The Morgan fingerprint density at radius 2 is 2.00 bits per heavy atom. The highest BCUT2D eigenvalue weighted by atomic mass is 16.2. The first-order valence-electron chi connectivity index (χ1n) is 7.09. The van der Waals surface area contributed by atoms with E-state index in [2.05, 4.69) is 23.3 Å². The van der Waals surface area contributed by atoms with Crippen molar-refractivity contribution in [2.45, 2.75) is 25.3 Å². The van der Waals surface area contributed by atoms with E-state index >= 15 is 0 Å². The van der Waals surface area contributed by atoms with Crippen molar-refractivity contribution in [3.8, 4) is 0 Å². The third-order valence-electron chi connectivity index (χ3n) is 3.89. The summed E-state index contributed by atoms with van der Waals surface area (Å²) in [6.07, 6.45) is 3.13. The van der Waals surface area contributed by atoms with Crippen LogP contribution in [-0.4, -0.2) is 38.6 Å². The Morgan fingerprint density at radius 1 is 1.26 bits per heavy atom. The molecular formula is C15H21N3O. The first-order chi connectivity index (χ1) is 9.25. The molecule has 19 heavy (non-hydrogen) atoms. The summed E-state index contributed by atoms with van der Waals surface area (Å²) < 4.78 is 0. The topological polar surface area (TPSA) is 35.6 Å². The summed E-state index contributed by atoms with van der Waals surface area (Å²) in [5.74, 6) is 0.230. The van der Waals surface area contributed by atoms with E-state index in [0.717, 1.165) is 31.0 Å². The highest BCUT2D eigenvalue weighted by Gasteiger charge is 2.25. The van der Waals surface area contributed by atoms with Crippen LogP contribution in [0.25, 0.3) is 0 Å². The van der Waals surface area contributed by atoms with Crippen molar-refractivity contribution in [1.82, 2.24) is 5.32 Å². The number of hydrogen-bond donors (Lipinski definition) is 1. The highest BCUT2D eigenvalue weighted by Crippen LogP contribution is 2.32. The van der Waals surface area contributed by atoms with Crippen LogP contribution < -0.4 is 15.1 Å². The third kappa shape index (κ3) is 2.73. The molecule has 1 amide bonds. The van der Waals surface area contributed by atoms with E-state index < -0.39 is 0 Å². The van der Waals surface area contributed by atoms with Gasteiger partial charge in [0.15, 0.2) is 0 Å². The molecule has 1 fully saturated rings. The fourth-order valence-electron chi connectivity index (χ4n) is 2.57. The third-order valence-corrected chi connectivity index (χ3v) is 3.89. The van der Waals surface area contributed by atoms with Crippen LogP contribution in [-0.2, 0) is 4.79 Å². The maximum Gasteiger partial charge on any atom is 0.228 e. The molecule has 102 valence electrons. The van der Waals surface area contributed by atoms with Crippen LogP contribution in [0.3, 0.4) is 0 Å². The number of anilines is 2. The van der Waals surface area contributed by atoms with Crippen molar-refractivity contribution in [2.75, 3.05) is 36.5 Å². The van der Waals surface area contributed by atoms with E-state index in [1.54, 1.807) is 0 Å². The van der Waals surface area contributed by atoms with Gasteiger partial charge in [0.1, 0.15) is 0 Å². The molecule has 1 saturated carbocycles. The molecule has 0 bridgehead atoms. The Bertz CT molecular complexity index is 470. The lowest BCUT2D eigenvalue weighted by molar-refractivity contribution is -0.118. The highest BCUT2D eigenvalue weighted by molar-refractivity contribution is 5.97. The minimum Gasteiger partial charge on any atom is -0.371 e. The number of hydrogen-bond acceptors (Lipinski definition) is 3. The Kier molecular flexibility index (Phi) is 3.42. The molecule has 1 aliphatic carbocycles. The van der Waals surface area contributed by atoms with Crippen LogP contribution in [0.4, 0.5) is 11.4 Å². The number of likely N-dealkylation sites (N-methyl/N-ethyl adjacent to an activating group) is 1. The molecule has 0 radical (unpaired) electrons. The predicted octanol–water partition coefficient (Wildman–Crippen LogP) is 1.61. The Labute approximate surface area is 114 Å². The molecule has 4 nitrogen and oxygen atoms in total. The quantitative estimate of drug-likeness (QED) is 0.892. The van der Waals surface area contributed by atoms with E-state index in [0.29, 0.717) is 12.5 Å². The largest absolute Gasteiger partial charge is 0.371 e. The smallest absolute Gasteiger partial charge is 0.228 e. The van der Waals surface area contributed by atoms with E-state index in [1.807, 2.05) is 23.1 Å². The standard InChI is InChI=1S/C15H21N3O/c1-17-10-11-18(14-5-3-2-4-13(14)17)15(19)8-9-16-12-6-7-12/h2-5,12,16H,6-11H2,1H3. The van der Waals surface area contributed by atoms with E-state index in [4.69, 9.17) is 0 Å². The average molecular weight is 259 g/mol. The first kappa shape index (κ1) is 12.5. The maximum absolute atomic E-state index is 12.3. The summed E-state index contributed by atoms with van der Waals surface area (Å²) >= 11 is 0. The summed E-state index contributed by atoms with van der Waals surface area (Å²) in [6, 6.07) is 8.82. The number of rotatable bonds is 4. The molecule has 1 heterocycles. The second kappa shape index (κ2) is 5.21. The van der Waals surface area contributed by atoms with Crippen molar-refractivity contribution < 1.29 is 4.79 Å². The molecular weight excluding hydrogens is 238 g/mol. The summed E-state index contributed by atoms with van der Waals surface area (Å²) in [6.45, 7) is 2.49. The van der Waals surface area contributed by atoms with E-state index in [-0.39, 0.29) is 5.91 Å². The summed E-state index contributed by atoms with van der Waals surface area (Å²) in [4.78, 5) is 16.5. The molecule has 0 aromatic heterocycles. The monoisotopic (exact) mass is 259 g/mol. The van der Waals surface area contributed by atoms with Crippen LogP contribution in [0.5, 0.6) is 0 Å². The van der Waals surface area contributed by atoms with E-state index in [1.165, 1.54) is 12.8 Å². The lowest BCUT2D eigenvalue weighted by atomic mass is 10.1. The van der Waals surface area contributed by atoms with Gasteiger partial charge in [-0.25, -0.2) is 0 Å². The molecule has 1 aliphatic heterocycles. The number of nitrogens with zero attached hydrogens (tertiary/aromatic N) is 2. The molecule has 0 atom stereocenters. The SMILES string of the molecule is CN1CCN(C(=O)CCNC2CC2)c2ccccc21. The molecule has 0 unspecified atom stereocenters. The maximum atomic E-state index is 12.3. The van der Waals surface area contributed by atoms with Crippen LogP contribution in [0, 0.1) is 0 Å². The molecule has 3 rings (SSSR count). The fraction of sp³-hybridized carbons (Fsp3) is 0.533. The normalized spacial score (nSPS) is 18.4. The second-order valence-electron chi connectivity index (χ2n) is 5.43. The summed E-state index contributed by atoms with van der Waals surface area (Å²) in [7, 11) is 2.08. The number of para-hydroxylation sites is 2. The van der Waals surface area contributed by atoms with Gasteiger partial charge >= 0.3 is 0 Å². The van der Waals surface area contributed by atoms with Gasteiger partial charge in [-0.2, -0.15) is 0 Å². The van der Waals surface area contributed by atoms with Gasteiger partial charge in [-0.05, 0) is 25.0 Å². The number of carbonyl (C=O) groups excluding carboxylic acids is 1. The van der Waals surface area contributed by atoms with Gasteiger partial charge in [-0.3, -0.25) is 4.79 Å². The summed E-state index contributed by atoms with van der Waals surface area (Å²) in [5.41, 5.74) is 2.20. The predicted molar refractivity (Wildman–Crippen MR) is 77.7 cm³/mol. The molecule has 4 heteroatoms. The molecule has 0 spiro atoms. The minimum atomic E-state index is 0.230. The lowest BCUT2D eigenvalue weighted by Gasteiger charge is -2.35. The number of benzene rings is 1. The zero-order valence-electron chi connectivity index (χ0n) is 11.4. The molecule has 2 aliphatic rings. The van der Waals surface area contributed by atoms with Crippen molar-refractivity contribution in [1.29, 1.82) is 0 Å². The molecule has 1 aromatic rings.